The molecule has 3 atom stereocenters. The molecule has 31 heavy (non-hydrogen) atoms. The lowest BCUT2D eigenvalue weighted by atomic mass is 9.84. The molecule has 0 bridgehead atoms. The van der Waals surface area contributed by atoms with E-state index in [-0.39, 0.29) is 12.0 Å². The zero-order valence-corrected chi connectivity index (χ0v) is 17.3. The fraction of sp³-hybridized carbons (Fsp3) is 0.500. The molecule has 1 amide bonds. The van der Waals surface area contributed by atoms with Crippen molar-refractivity contribution in [3.63, 3.8) is 0 Å². The van der Waals surface area contributed by atoms with Crippen LogP contribution in [0.2, 0.25) is 0 Å². The van der Waals surface area contributed by atoms with E-state index in [1.54, 1.807) is 17.6 Å². The summed E-state index contributed by atoms with van der Waals surface area (Å²) in [5.74, 6) is -1.64. The first-order valence-electron chi connectivity index (χ1n) is 9.69. The van der Waals surface area contributed by atoms with Crippen LogP contribution in [0.25, 0.3) is 0 Å². The number of piperidine rings is 1. The Morgan fingerprint density at radius 1 is 1.32 bits per heavy atom. The number of alkyl halides is 3. The Bertz CT molecular complexity index is 842. The fourth-order valence-electron chi connectivity index (χ4n) is 3.85. The van der Waals surface area contributed by atoms with Crippen LogP contribution in [0.3, 0.4) is 0 Å². The molecule has 2 aromatic rings. The van der Waals surface area contributed by atoms with Crippen molar-refractivity contribution in [3.05, 3.63) is 46.5 Å². The van der Waals surface area contributed by atoms with Gasteiger partial charge in [-0.05, 0) is 36.4 Å². The predicted octanol–water partition coefficient (Wildman–Crippen LogP) is 3.24. The van der Waals surface area contributed by atoms with Crippen LogP contribution >= 0.6 is 11.3 Å². The Hall–Kier alpha value is -2.37. The molecule has 0 saturated carbocycles. The lowest BCUT2D eigenvalue weighted by Crippen LogP contribution is -2.43. The molecule has 0 aliphatic carbocycles. The van der Waals surface area contributed by atoms with Crippen molar-refractivity contribution >= 4 is 23.2 Å². The number of carbonyl (C=O) groups is 2. The molecule has 2 saturated heterocycles. The van der Waals surface area contributed by atoms with Gasteiger partial charge in [0.1, 0.15) is 0 Å². The average molecular weight is 460 g/mol. The molecule has 2 fully saturated rings. The number of ether oxygens (including phenoxy) is 1. The van der Waals surface area contributed by atoms with Gasteiger partial charge in [-0.3, -0.25) is 9.69 Å². The number of hydrogen-bond acceptors (Lipinski definition) is 6. The van der Waals surface area contributed by atoms with Gasteiger partial charge in [-0.25, -0.2) is 4.79 Å². The maximum atomic E-state index is 12.1. The number of fused-ring (bicyclic) bond motifs is 1. The molecule has 2 aliphatic rings. The maximum Gasteiger partial charge on any atom is 0.490 e. The van der Waals surface area contributed by atoms with Crippen molar-refractivity contribution in [2.75, 3.05) is 26.2 Å². The predicted molar refractivity (Wildman–Crippen MR) is 106 cm³/mol. The van der Waals surface area contributed by atoms with E-state index in [0.29, 0.717) is 18.4 Å². The summed E-state index contributed by atoms with van der Waals surface area (Å²) >= 11 is 1.54. The van der Waals surface area contributed by atoms with Gasteiger partial charge in [0, 0.05) is 42.1 Å². The molecule has 0 spiro atoms. The molecule has 2 aliphatic heterocycles. The van der Waals surface area contributed by atoms with Crippen LogP contribution in [0, 0.1) is 11.8 Å². The van der Waals surface area contributed by atoms with E-state index in [1.165, 1.54) is 5.56 Å². The van der Waals surface area contributed by atoms with E-state index >= 15 is 0 Å². The second-order valence-electron chi connectivity index (χ2n) is 7.48. The van der Waals surface area contributed by atoms with Gasteiger partial charge in [-0.1, -0.05) is 0 Å². The van der Waals surface area contributed by atoms with Crippen LogP contribution in [0.1, 0.15) is 22.3 Å². The first kappa shape index (κ1) is 23.3. The number of furan rings is 1. The molecule has 170 valence electrons. The maximum absolute atomic E-state index is 12.1. The van der Waals surface area contributed by atoms with Gasteiger partial charge in [-0.15, -0.1) is 0 Å². The third kappa shape index (κ3) is 6.55. The number of nitrogens with zero attached hydrogens (tertiary/aromatic N) is 1. The Morgan fingerprint density at radius 2 is 2.10 bits per heavy atom. The van der Waals surface area contributed by atoms with Gasteiger partial charge in [0.2, 0.25) is 0 Å². The molecule has 0 unspecified atom stereocenters. The Balaban J connectivity index is 0.000000339. The standard InChI is InChI=1S/C18H22N2O3S.C2HF3O2/c21-18(14-3-6-24-12-14)19-7-17-16-1-4-20(9-15(16)11-23-17)8-13-2-5-22-10-13;3-2(4,5)1(6)7/h2-3,5-6,10,12,15-17H,1,4,7-9,11H2,(H,19,21);(H,6,7)/t15-,16-,17+;/m1./s1. The van der Waals surface area contributed by atoms with E-state index in [9.17, 15) is 18.0 Å². The zero-order chi connectivity index (χ0) is 22.4. The van der Waals surface area contributed by atoms with E-state index < -0.39 is 12.1 Å². The number of amides is 1. The van der Waals surface area contributed by atoms with Crippen molar-refractivity contribution in [3.8, 4) is 0 Å². The molecule has 2 N–H and O–H groups in total. The quantitative estimate of drug-likeness (QED) is 0.712. The molecular weight excluding hydrogens is 437 g/mol. The third-order valence-corrected chi connectivity index (χ3v) is 6.04. The van der Waals surface area contributed by atoms with Crippen LogP contribution in [0.15, 0.2) is 39.8 Å². The van der Waals surface area contributed by atoms with Crippen LogP contribution in [-0.4, -0.2) is 60.4 Å². The number of rotatable bonds is 5. The lowest BCUT2D eigenvalue weighted by Gasteiger charge is -2.35. The van der Waals surface area contributed by atoms with Gasteiger partial charge in [0.25, 0.3) is 5.91 Å². The summed E-state index contributed by atoms with van der Waals surface area (Å²) in [5.41, 5.74) is 1.97. The van der Waals surface area contributed by atoms with Crippen molar-refractivity contribution in [1.29, 1.82) is 0 Å². The molecule has 0 aromatic carbocycles. The van der Waals surface area contributed by atoms with Crippen LogP contribution in [0.5, 0.6) is 0 Å². The number of halogens is 3. The van der Waals surface area contributed by atoms with Gasteiger partial charge < -0.3 is 19.6 Å². The summed E-state index contributed by atoms with van der Waals surface area (Å²) in [6.07, 6.45) is -0.261. The Kier molecular flexibility index (Phi) is 7.74. The number of thiophene rings is 1. The highest BCUT2D eigenvalue weighted by Gasteiger charge is 2.40. The molecule has 2 aromatic heterocycles. The molecular formula is C20H23F3N2O5S. The Morgan fingerprint density at radius 3 is 2.71 bits per heavy atom. The second-order valence-corrected chi connectivity index (χ2v) is 8.26. The number of carbonyl (C=O) groups excluding carboxylic acids is 1. The van der Waals surface area contributed by atoms with E-state index in [0.717, 1.165) is 38.2 Å². The molecule has 11 heteroatoms. The van der Waals surface area contributed by atoms with Gasteiger partial charge in [0.05, 0.1) is 25.2 Å². The van der Waals surface area contributed by atoms with Gasteiger partial charge in [-0.2, -0.15) is 24.5 Å². The first-order chi connectivity index (χ1) is 14.7. The molecule has 0 radical (unpaired) electrons. The van der Waals surface area contributed by atoms with Crippen molar-refractivity contribution < 1.29 is 37.0 Å². The summed E-state index contributed by atoms with van der Waals surface area (Å²) in [7, 11) is 0. The van der Waals surface area contributed by atoms with Crippen LogP contribution in [0.4, 0.5) is 13.2 Å². The topological polar surface area (TPSA) is 92.0 Å². The Labute approximate surface area is 180 Å². The molecule has 7 nitrogen and oxygen atoms in total. The summed E-state index contributed by atoms with van der Waals surface area (Å²) < 4.78 is 42.9. The summed E-state index contributed by atoms with van der Waals surface area (Å²) in [6, 6.07) is 3.88. The highest BCUT2D eigenvalue weighted by Crippen LogP contribution is 2.34. The minimum Gasteiger partial charge on any atom is -0.475 e. The van der Waals surface area contributed by atoms with Crippen molar-refractivity contribution in [1.82, 2.24) is 10.2 Å². The number of carboxylic acid groups (broad SMARTS) is 1. The minimum atomic E-state index is -5.08. The normalized spacial score (nSPS) is 23.5. The smallest absolute Gasteiger partial charge is 0.475 e. The van der Waals surface area contributed by atoms with Gasteiger partial charge >= 0.3 is 12.1 Å². The minimum absolute atomic E-state index is 0.000642. The first-order valence-corrected chi connectivity index (χ1v) is 10.6. The second kappa shape index (κ2) is 10.3. The summed E-state index contributed by atoms with van der Waals surface area (Å²) in [6.45, 7) is 4.48. The zero-order valence-electron chi connectivity index (χ0n) is 16.5. The average Bonchev–Trinajstić information content (AvgIpc) is 3.48. The number of aliphatic carboxylic acids is 1. The largest absolute Gasteiger partial charge is 0.490 e. The van der Waals surface area contributed by atoms with Gasteiger partial charge in [0.15, 0.2) is 0 Å². The lowest BCUT2D eigenvalue weighted by molar-refractivity contribution is -0.192. The van der Waals surface area contributed by atoms with E-state index in [2.05, 4.69) is 10.2 Å². The monoisotopic (exact) mass is 460 g/mol. The third-order valence-electron chi connectivity index (χ3n) is 5.35. The summed E-state index contributed by atoms with van der Waals surface area (Å²) in [5, 5.41) is 13.9. The highest BCUT2D eigenvalue weighted by atomic mass is 32.1. The number of likely N-dealkylation sites (tertiary alicyclic amines) is 1. The number of nitrogens with one attached hydrogen (secondary N) is 1. The van der Waals surface area contributed by atoms with Crippen molar-refractivity contribution in [2.24, 2.45) is 11.8 Å². The molecule has 4 heterocycles. The van der Waals surface area contributed by atoms with E-state index in [4.69, 9.17) is 19.1 Å². The highest BCUT2D eigenvalue weighted by molar-refractivity contribution is 7.08. The fourth-order valence-corrected chi connectivity index (χ4v) is 4.48. The van der Waals surface area contributed by atoms with Crippen LogP contribution < -0.4 is 5.32 Å². The SMILES string of the molecule is O=C(NC[C@@H]1OC[C@H]2CN(Cc3ccoc3)CC[C@H]21)c1ccsc1.O=C(O)C(F)(F)F. The van der Waals surface area contributed by atoms with E-state index in [1.807, 2.05) is 29.2 Å². The summed E-state index contributed by atoms with van der Waals surface area (Å²) in [4.78, 5) is 23.4. The number of carboxylic acids is 1. The molecule has 4 rings (SSSR count). The van der Waals surface area contributed by atoms with Crippen molar-refractivity contribution in [2.45, 2.75) is 25.2 Å². The van der Waals surface area contributed by atoms with Crippen LogP contribution in [-0.2, 0) is 16.1 Å². The number of hydrogen-bond donors (Lipinski definition) is 2.